The van der Waals surface area contributed by atoms with Crippen molar-refractivity contribution in [1.82, 2.24) is 14.3 Å². The first-order valence-corrected chi connectivity index (χ1v) is 8.37. The molecule has 1 saturated carbocycles. The zero-order valence-electron chi connectivity index (χ0n) is 11.2. The van der Waals surface area contributed by atoms with E-state index >= 15 is 0 Å². The molecule has 2 aliphatic rings. The molecule has 1 aliphatic heterocycles. The molecule has 2 atom stereocenters. The lowest BCUT2D eigenvalue weighted by atomic mass is 9.94. The molecule has 0 spiro atoms. The Kier molecular flexibility index (Phi) is 3.61. The predicted molar refractivity (Wildman–Crippen MR) is 74.1 cm³/mol. The Labute approximate surface area is 118 Å². The molecule has 1 saturated heterocycles. The van der Waals surface area contributed by atoms with E-state index in [1.54, 1.807) is 4.31 Å². The summed E-state index contributed by atoms with van der Waals surface area (Å²) in [5.74, 6) is 5.91. The molecule has 110 valence electrons. The van der Waals surface area contributed by atoms with Crippen molar-refractivity contribution in [1.29, 1.82) is 0 Å². The number of aromatic nitrogens is 2. The summed E-state index contributed by atoms with van der Waals surface area (Å²) in [6, 6.07) is 0.154. The van der Waals surface area contributed by atoms with Crippen molar-refractivity contribution in [2.45, 2.75) is 43.0 Å². The monoisotopic (exact) mass is 297 g/mol. The molecule has 2 unspecified atom stereocenters. The molecule has 2 heterocycles. The van der Waals surface area contributed by atoms with Crippen LogP contribution in [0.4, 0.5) is 5.95 Å². The SMILES string of the molecule is NNc1ncc(S(=O)(=O)N2CCCC3CCCC32)cn1. The van der Waals surface area contributed by atoms with Gasteiger partial charge in [0.15, 0.2) is 0 Å². The van der Waals surface area contributed by atoms with Gasteiger partial charge in [0, 0.05) is 12.6 Å². The van der Waals surface area contributed by atoms with Gasteiger partial charge >= 0.3 is 0 Å². The Hall–Kier alpha value is -1.25. The van der Waals surface area contributed by atoms with E-state index in [0.29, 0.717) is 12.5 Å². The Bertz CT molecular complexity index is 574. The molecule has 1 aromatic heterocycles. The summed E-state index contributed by atoms with van der Waals surface area (Å²) >= 11 is 0. The number of hydrogen-bond acceptors (Lipinski definition) is 6. The number of hydrazine groups is 1. The maximum atomic E-state index is 12.7. The summed E-state index contributed by atoms with van der Waals surface area (Å²) < 4.78 is 27.1. The van der Waals surface area contributed by atoms with Crippen LogP contribution >= 0.6 is 0 Å². The first-order chi connectivity index (χ1) is 9.63. The van der Waals surface area contributed by atoms with Gasteiger partial charge in [0.2, 0.25) is 16.0 Å². The van der Waals surface area contributed by atoms with E-state index in [4.69, 9.17) is 5.84 Å². The number of piperidine rings is 1. The minimum atomic E-state index is -3.50. The molecule has 3 N–H and O–H groups in total. The highest BCUT2D eigenvalue weighted by molar-refractivity contribution is 7.89. The summed E-state index contributed by atoms with van der Waals surface area (Å²) in [6.45, 7) is 0.598. The average Bonchev–Trinajstić information content (AvgIpc) is 2.95. The van der Waals surface area contributed by atoms with Crippen LogP contribution in [-0.2, 0) is 10.0 Å². The average molecular weight is 297 g/mol. The zero-order valence-corrected chi connectivity index (χ0v) is 12.0. The van der Waals surface area contributed by atoms with Crippen LogP contribution in [0.1, 0.15) is 32.1 Å². The van der Waals surface area contributed by atoms with Gasteiger partial charge in [0.25, 0.3) is 0 Å². The van der Waals surface area contributed by atoms with Crippen LogP contribution in [0.5, 0.6) is 0 Å². The lowest BCUT2D eigenvalue weighted by molar-refractivity contribution is 0.202. The molecule has 1 aliphatic carbocycles. The third-order valence-electron chi connectivity index (χ3n) is 4.31. The molecule has 2 fully saturated rings. The molecule has 0 amide bonds. The van der Waals surface area contributed by atoms with Gasteiger partial charge in [-0.15, -0.1) is 0 Å². The molecule has 7 nitrogen and oxygen atoms in total. The number of nitrogen functional groups attached to an aromatic ring is 1. The van der Waals surface area contributed by atoms with Crippen LogP contribution in [0.3, 0.4) is 0 Å². The summed E-state index contributed by atoms with van der Waals surface area (Å²) in [4.78, 5) is 7.92. The maximum absolute atomic E-state index is 12.7. The highest BCUT2D eigenvalue weighted by Crippen LogP contribution is 2.39. The van der Waals surface area contributed by atoms with Gasteiger partial charge < -0.3 is 0 Å². The van der Waals surface area contributed by atoms with Crippen molar-refractivity contribution < 1.29 is 8.42 Å². The molecule has 8 heteroatoms. The fourth-order valence-corrected chi connectivity index (χ4v) is 5.01. The molecule has 1 aromatic rings. The summed E-state index contributed by atoms with van der Waals surface area (Å²) in [6.07, 6.45) is 7.93. The topological polar surface area (TPSA) is 101 Å². The molecule has 3 rings (SSSR count). The zero-order chi connectivity index (χ0) is 14.2. The molecular weight excluding hydrogens is 278 g/mol. The number of hydrogen-bond donors (Lipinski definition) is 2. The first kappa shape index (κ1) is 13.7. The van der Waals surface area contributed by atoms with E-state index in [9.17, 15) is 8.42 Å². The van der Waals surface area contributed by atoms with E-state index in [-0.39, 0.29) is 16.9 Å². The molecule has 0 bridgehead atoms. The van der Waals surface area contributed by atoms with Crippen LogP contribution in [0.15, 0.2) is 17.3 Å². The Morgan fingerprint density at radius 2 is 1.90 bits per heavy atom. The lowest BCUT2D eigenvalue weighted by Crippen LogP contribution is -2.46. The Morgan fingerprint density at radius 1 is 1.20 bits per heavy atom. The molecular formula is C12H19N5O2S. The minimum Gasteiger partial charge on any atom is -0.292 e. The van der Waals surface area contributed by atoms with E-state index < -0.39 is 10.0 Å². The highest BCUT2D eigenvalue weighted by Gasteiger charge is 2.41. The van der Waals surface area contributed by atoms with Crippen LogP contribution in [0.25, 0.3) is 0 Å². The highest BCUT2D eigenvalue weighted by atomic mass is 32.2. The number of anilines is 1. The fourth-order valence-electron chi connectivity index (χ4n) is 3.37. The Balaban J connectivity index is 1.89. The fraction of sp³-hybridized carbons (Fsp3) is 0.667. The first-order valence-electron chi connectivity index (χ1n) is 6.93. The van der Waals surface area contributed by atoms with Crippen LogP contribution in [0.2, 0.25) is 0 Å². The second-order valence-electron chi connectivity index (χ2n) is 5.40. The van der Waals surface area contributed by atoms with Crippen molar-refractivity contribution in [3.05, 3.63) is 12.4 Å². The second-order valence-corrected chi connectivity index (χ2v) is 7.29. The number of fused-ring (bicyclic) bond motifs is 1. The van der Waals surface area contributed by atoms with Gasteiger partial charge in [-0.2, -0.15) is 4.31 Å². The molecule has 0 aromatic carbocycles. The van der Waals surface area contributed by atoms with Crippen molar-refractivity contribution in [2.24, 2.45) is 11.8 Å². The van der Waals surface area contributed by atoms with Crippen LogP contribution in [-0.4, -0.2) is 35.3 Å². The normalized spacial score (nSPS) is 27.2. The van der Waals surface area contributed by atoms with Gasteiger partial charge in [-0.1, -0.05) is 6.42 Å². The minimum absolute atomic E-state index is 0.143. The standard InChI is InChI=1S/C12H19N5O2S/c13-16-12-14-7-10(8-15-12)20(18,19)17-6-2-4-9-3-1-5-11(9)17/h7-9,11H,1-6,13H2,(H,14,15,16). The number of rotatable bonds is 3. The molecule has 20 heavy (non-hydrogen) atoms. The Morgan fingerprint density at radius 3 is 2.60 bits per heavy atom. The third-order valence-corrected chi connectivity index (χ3v) is 6.18. The van der Waals surface area contributed by atoms with Crippen LogP contribution in [0, 0.1) is 5.92 Å². The largest absolute Gasteiger partial charge is 0.292 e. The van der Waals surface area contributed by atoms with E-state index in [1.807, 2.05) is 0 Å². The maximum Gasteiger partial charge on any atom is 0.246 e. The number of nitrogens with zero attached hydrogens (tertiary/aromatic N) is 3. The van der Waals surface area contributed by atoms with Crippen LogP contribution < -0.4 is 11.3 Å². The third kappa shape index (κ3) is 2.27. The van der Waals surface area contributed by atoms with Gasteiger partial charge in [0.05, 0.1) is 12.4 Å². The quantitative estimate of drug-likeness (QED) is 0.629. The van der Waals surface area contributed by atoms with Gasteiger partial charge in [-0.3, -0.25) is 5.43 Å². The van der Waals surface area contributed by atoms with Crippen molar-refractivity contribution in [3.63, 3.8) is 0 Å². The predicted octanol–water partition coefficient (Wildman–Crippen LogP) is 0.715. The molecule has 0 radical (unpaired) electrons. The number of sulfonamides is 1. The van der Waals surface area contributed by atoms with Crippen molar-refractivity contribution >= 4 is 16.0 Å². The summed E-state index contributed by atoms with van der Waals surface area (Å²) in [7, 11) is -3.50. The number of nitrogens with two attached hydrogens (primary N) is 1. The summed E-state index contributed by atoms with van der Waals surface area (Å²) in [5.41, 5.74) is 2.29. The lowest BCUT2D eigenvalue weighted by Gasteiger charge is -2.36. The van der Waals surface area contributed by atoms with E-state index in [0.717, 1.165) is 32.1 Å². The van der Waals surface area contributed by atoms with E-state index in [1.165, 1.54) is 12.4 Å². The van der Waals surface area contributed by atoms with Gasteiger partial charge in [0.1, 0.15) is 4.90 Å². The second kappa shape index (κ2) is 5.27. The van der Waals surface area contributed by atoms with Gasteiger partial charge in [-0.25, -0.2) is 24.2 Å². The van der Waals surface area contributed by atoms with Crippen molar-refractivity contribution in [3.8, 4) is 0 Å². The summed E-state index contributed by atoms with van der Waals surface area (Å²) in [5, 5.41) is 0. The van der Waals surface area contributed by atoms with E-state index in [2.05, 4.69) is 15.4 Å². The van der Waals surface area contributed by atoms with Gasteiger partial charge in [-0.05, 0) is 31.6 Å². The van der Waals surface area contributed by atoms with Crippen molar-refractivity contribution in [2.75, 3.05) is 12.0 Å². The number of nitrogens with one attached hydrogen (secondary N) is 1. The smallest absolute Gasteiger partial charge is 0.246 e.